The highest BCUT2D eigenvalue weighted by atomic mass is 16.5. The summed E-state index contributed by atoms with van der Waals surface area (Å²) in [5.41, 5.74) is 3.31. The van der Waals surface area contributed by atoms with Gasteiger partial charge in [-0.1, -0.05) is 0 Å². The van der Waals surface area contributed by atoms with Crippen LogP contribution in [-0.2, 0) is 4.74 Å². The summed E-state index contributed by atoms with van der Waals surface area (Å²) in [6.45, 7) is 7.07. The number of nitrogens with one attached hydrogen (secondary N) is 1. The van der Waals surface area contributed by atoms with Gasteiger partial charge in [0, 0.05) is 18.3 Å². The van der Waals surface area contributed by atoms with Gasteiger partial charge >= 0.3 is 0 Å². The largest absolute Gasteiger partial charge is 0.381 e. The van der Waals surface area contributed by atoms with E-state index in [-0.39, 0.29) is 0 Å². The first-order chi connectivity index (χ1) is 7.65. The van der Waals surface area contributed by atoms with Crippen molar-refractivity contribution in [2.24, 2.45) is 0 Å². The summed E-state index contributed by atoms with van der Waals surface area (Å²) in [7, 11) is 0. The normalized spacial score (nSPS) is 25.4. The zero-order valence-corrected chi connectivity index (χ0v) is 10.3. The molecular weight excluding hydrogens is 200 g/mol. The zero-order chi connectivity index (χ0) is 11.5. The number of aromatic nitrogens is 1. The van der Waals surface area contributed by atoms with Crippen molar-refractivity contribution in [2.45, 2.75) is 45.8 Å². The molecule has 0 spiro atoms. The Morgan fingerprint density at radius 1 is 1.38 bits per heavy atom. The SMILES string of the molecule is Cc1ccc(NC2CCOC(C)C2)c(C)n1. The van der Waals surface area contributed by atoms with Crippen LogP contribution >= 0.6 is 0 Å². The molecule has 1 aromatic heterocycles. The fraction of sp³-hybridized carbons (Fsp3) is 0.615. The maximum atomic E-state index is 5.54. The molecule has 3 heteroatoms. The van der Waals surface area contributed by atoms with Gasteiger partial charge in [-0.2, -0.15) is 0 Å². The van der Waals surface area contributed by atoms with E-state index in [9.17, 15) is 0 Å². The highest BCUT2D eigenvalue weighted by Crippen LogP contribution is 2.20. The summed E-state index contributed by atoms with van der Waals surface area (Å²) in [5, 5.41) is 3.56. The van der Waals surface area contributed by atoms with E-state index in [0.717, 1.165) is 36.5 Å². The van der Waals surface area contributed by atoms with Crippen LogP contribution in [0.1, 0.15) is 31.2 Å². The van der Waals surface area contributed by atoms with Crippen LogP contribution in [0, 0.1) is 13.8 Å². The Labute approximate surface area is 97.2 Å². The quantitative estimate of drug-likeness (QED) is 0.832. The van der Waals surface area contributed by atoms with Gasteiger partial charge in [0.2, 0.25) is 0 Å². The molecule has 0 radical (unpaired) electrons. The minimum atomic E-state index is 0.366. The molecule has 1 aliphatic heterocycles. The summed E-state index contributed by atoms with van der Waals surface area (Å²) in [6.07, 6.45) is 2.52. The first-order valence-electron chi connectivity index (χ1n) is 5.97. The van der Waals surface area contributed by atoms with Crippen LogP contribution in [0.25, 0.3) is 0 Å². The number of aryl methyl sites for hydroxylation is 2. The molecule has 16 heavy (non-hydrogen) atoms. The van der Waals surface area contributed by atoms with Crippen LogP contribution in [0.4, 0.5) is 5.69 Å². The Morgan fingerprint density at radius 2 is 2.19 bits per heavy atom. The second kappa shape index (κ2) is 4.83. The molecule has 2 heterocycles. The van der Waals surface area contributed by atoms with Gasteiger partial charge in [0.25, 0.3) is 0 Å². The van der Waals surface area contributed by atoms with Crippen molar-refractivity contribution in [2.75, 3.05) is 11.9 Å². The van der Waals surface area contributed by atoms with Crippen LogP contribution in [0.15, 0.2) is 12.1 Å². The lowest BCUT2D eigenvalue weighted by Gasteiger charge is -2.29. The maximum Gasteiger partial charge on any atom is 0.0606 e. The number of hydrogen-bond donors (Lipinski definition) is 1. The van der Waals surface area contributed by atoms with Gasteiger partial charge in [-0.05, 0) is 45.7 Å². The van der Waals surface area contributed by atoms with Crippen molar-refractivity contribution in [1.29, 1.82) is 0 Å². The summed E-state index contributed by atoms with van der Waals surface area (Å²) in [6, 6.07) is 4.70. The molecule has 0 aromatic carbocycles. The zero-order valence-electron chi connectivity index (χ0n) is 10.3. The van der Waals surface area contributed by atoms with E-state index < -0.39 is 0 Å². The van der Waals surface area contributed by atoms with Crippen LogP contribution in [-0.4, -0.2) is 23.7 Å². The average Bonchev–Trinajstić information content (AvgIpc) is 2.22. The fourth-order valence-corrected chi connectivity index (χ4v) is 2.19. The Hall–Kier alpha value is -1.09. The number of rotatable bonds is 2. The minimum absolute atomic E-state index is 0.366. The van der Waals surface area contributed by atoms with Crippen molar-refractivity contribution in [3.8, 4) is 0 Å². The second-order valence-corrected chi connectivity index (χ2v) is 4.63. The van der Waals surface area contributed by atoms with E-state index in [1.165, 1.54) is 0 Å². The maximum absolute atomic E-state index is 5.54. The minimum Gasteiger partial charge on any atom is -0.381 e. The number of ether oxygens (including phenoxy) is 1. The molecule has 2 rings (SSSR count). The molecule has 0 saturated carbocycles. The number of anilines is 1. The molecular formula is C13H20N2O. The summed E-state index contributed by atoms with van der Waals surface area (Å²) in [5.74, 6) is 0. The molecule has 0 aliphatic carbocycles. The molecule has 0 amide bonds. The standard InChI is InChI=1S/C13H20N2O/c1-9-4-5-13(11(3)14-9)15-12-6-7-16-10(2)8-12/h4-5,10,12,15H,6-8H2,1-3H3. The van der Waals surface area contributed by atoms with E-state index in [4.69, 9.17) is 4.74 Å². The third kappa shape index (κ3) is 2.73. The topological polar surface area (TPSA) is 34.1 Å². The molecule has 0 bridgehead atoms. The van der Waals surface area contributed by atoms with Gasteiger partial charge in [0.15, 0.2) is 0 Å². The molecule has 1 saturated heterocycles. The predicted octanol–water partition coefficient (Wildman–Crippen LogP) is 2.68. The Morgan fingerprint density at radius 3 is 2.88 bits per heavy atom. The average molecular weight is 220 g/mol. The lowest BCUT2D eigenvalue weighted by molar-refractivity contribution is 0.0232. The third-order valence-corrected chi connectivity index (χ3v) is 3.07. The molecule has 88 valence electrons. The van der Waals surface area contributed by atoms with Gasteiger partial charge in [0.05, 0.1) is 17.5 Å². The summed E-state index contributed by atoms with van der Waals surface area (Å²) >= 11 is 0. The Balaban J connectivity index is 2.02. The van der Waals surface area contributed by atoms with Crippen molar-refractivity contribution in [3.63, 3.8) is 0 Å². The van der Waals surface area contributed by atoms with Gasteiger partial charge in [-0.25, -0.2) is 0 Å². The third-order valence-electron chi connectivity index (χ3n) is 3.07. The van der Waals surface area contributed by atoms with E-state index >= 15 is 0 Å². The van der Waals surface area contributed by atoms with E-state index in [1.807, 2.05) is 6.92 Å². The van der Waals surface area contributed by atoms with Crippen LogP contribution < -0.4 is 5.32 Å². The van der Waals surface area contributed by atoms with E-state index in [1.54, 1.807) is 0 Å². The van der Waals surface area contributed by atoms with Crippen molar-refractivity contribution in [3.05, 3.63) is 23.5 Å². The molecule has 3 nitrogen and oxygen atoms in total. The van der Waals surface area contributed by atoms with Gasteiger partial charge in [0.1, 0.15) is 0 Å². The highest BCUT2D eigenvalue weighted by Gasteiger charge is 2.19. The van der Waals surface area contributed by atoms with Gasteiger partial charge in [-0.15, -0.1) is 0 Å². The van der Waals surface area contributed by atoms with Gasteiger partial charge < -0.3 is 10.1 Å². The number of pyridine rings is 1. The molecule has 1 aliphatic rings. The van der Waals surface area contributed by atoms with Gasteiger partial charge in [-0.3, -0.25) is 4.98 Å². The highest BCUT2D eigenvalue weighted by molar-refractivity contribution is 5.48. The fourth-order valence-electron chi connectivity index (χ4n) is 2.19. The molecule has 1 aromatic rings. The molecule has 2 atom stereocenters. The Bertz CT molecular complexity index is 365. The Kier molecular flexibility index (Phi) is 3.44. The molecule has 2 unspecified atom stereocenters. The van der Waals surface area contributed by atoms with E-state index in [0.29, 0.717) is 12.1 Å². The lowest BCUT2D eigenvalue weighted by atomic mass is 10.0. The summed E-state index contributed by atoms with van der Waals surface area (Å²) in [4.78, 5) is 4.46. The first kappa shape index (κ1) is 11.4. The van der Waals surface area contributed by atoms with Crippen LogP contribution in [0.3, 0.4) is 0 Å². The van der Waals surface area contributed by atoms with Crippen molar-refractivity contribution in [1.82, 2.24) is 4.98 Å². The monoisotopic (exact) mass is 220 g/mol. The number of hydrogen-bond acceptors (Lipinski definition) is 3. The molecule has 1 N–H and O–H groups in total. The molecule has 1 fully saturated rings. The predicted molar refractivity (Wildman–Crippen MR) is 65.8 cm³/mol. The smallest absolute Gasteiger partial charge is 0.0606 e. The van der Waals surface area contributed by atoms with Crippen molar-refractivity contribution < 1.29 is 4.74 Å². The van der Waals surface area contributed by atoms with Crippen LogP contribution in [0.2, 0.25) is 0 Å². The second-order valence-electron chi connectivity index (χ2n) is 4.63. The van der Waals surface area contributed by atoms with E-state index in [2.05, 4.69) is 36.3 Å². The number of nitrogens with zero attached hydrogens (tertiary/aromatic N) is 1. The summed E-state index contributed by atoms with van der Waals surface area (Å²) < 4.78 is 5.54. The van der Waals surface area contributed by atoms with Crippen LogP contribution in [0.5, 0.6) is 0 Å². The van der Waals surface area contributed by atoms with Crippen molar-refractivity contribution >= 4 is 5.69 Å². The first-order valence-corrected chi connectivity index (χ1v) is 5.97. The lowest BCUT2D eigenvalue weighted by Crippen LogP contribution is -2.32.